The highest BCUT2D eigenvalue weighted by atomic mass is 35.5. The van der Waals surface area contributed by atoms with Crippen molar-refractivity contribution in [2.24, 2.45) is 0 Å². The Bertz CT molecular complexity index is 1730. The van der Waals surface area contributed by atoms with Gasteiger partial charge in [0, 0.05) is 35.8 Å². The zero-order chi connectivity index (χ0) is 34.1. The van der Waals surface area contributed by atoms with Crippen molar-refractivity contribution in [1.82, 2.24) is 9.80 Å². The lowest BCUT2D eigenvalue weighted by molar-refractivity contribution is -0.136. The zero-order valence-electron chi connectivity index (χ0n) is 28.0. The van der Waals surface area contributed by atoms with E-state index in [1.807, 2.05) is 60.7 Å². The fraction of sp³-hybridized carbons (Fsp3) is 0.238. The molecule has 0 N–H and O–H groups in total. The molecule has 7 heteroatoms. The lowest BCUT2D eigenvalue weighted by atomic mass is 10.0. The van der Waals surface area contributed by atoms with Crippen molar-refractivity contribution < 1.29 is 14.3 Å². The summed E-state index contributed by atoms with van der Waals surface area (Å²) in [7, 11) is -2.30. The van der Waals surface area contributed by atoms with Crippen molar-refractivity contribution in [3.8, 4) is 0 Å². The number of carbonyl (C=O) groups is 2. The normalized spacial score (nSPS) is 14.2. The van der Waals surface area contributed by atoms with E-state index in [2.05, 4.69) is 90.7 Å². The number of carbonyl (C=O) groups excluding carboxylic acids is 2. The van der Waals surface area contributed by atoms with Gasteiger partial charge in [-0.25, -0.2) is 0 Å². The second kappa shape index (κ2) is 16.5. The van der Waals surface area contributed by atoms with Gasteiger partial charge < -0.3 is 4.74 Å². The highest BCUT2D eigenvalue weighted by molar-refractivity contribution is 7.95. The van der Waals surface area contributed by atoms with Gasteiger partial charge in [-0.1, -0.05) is 110 Å². The Labute approximate surface area is 295 Å². The summed E-state index contributed by atoms with van der Waals surface area (Å²) in [6.07, 6.45) is 2.19. The van der Waals surface area contributed by atoms with E-state index in [1.165, 1.54) is 20.8 Å². The quantitative estimate of drug-likeness (QED) is 0.126. The van der Waals surface area contributed by atoms with Gasteiger partial charge in [0.25, 0.3) is 11.8 Å². The van der Waals surface area contributed by atoms with Crippen LogP contribution in [0.1, 0.15) is 47.3 Å². The SMILES string of the molecule is CCCCN(C(=O)c1ccccc1C[P+](c1ccccc1)(c1ccccc1)c1ccccc1)C(=O)C(c1cccc(Cl)c1)N1CCOCC1. The first kappa shape index (κ1) is 34.7. The maximum atomic E-state index is 14.9. The van der Waals surface area contributed by atoms with Gasteiger partial charge in [0.05, 0.1) is 19.4 Å². The molecule has 5 aromatic carbocycles. The van der Waals surface area contributed by atoms with Crippen LogP contribution in [0.15, 0.2) is 140 Å². The molecule has 0 radical (unpaired) electrons. The molecule has 5 nitrogen and oxygen atoms in total. The molecule has 1 aliphatic heterocycles. The van der Waals surface area contributed by atoms with Gasteiger partial charge in [-0.05, 0) is 66.6 Å². The number of rotatable bonds is 12. The molecule has 49 heavy (non-hydrogen) atoms. The van der Waals surface area contributed by atoms with Crippen molar-refractivity contribution in [3.63, 3.8) is 0 Å². The first-order valence-electron chi connectivity index (χ1n) is 17.1. The number of benzene rings is 5. The average molecular weight is 690 g/mol. The van der Waals surface area contributed by atoms with Crippen LogP contribution >= 0.6 is 18.9 Å². The lowest BCUT2D eigenvalue weighted by Crippen LogP contribution is -2.49. The fourth-order valence-electron chi connectivity index (χ4n) is 6.83. The number of morpholine rings is 1. The van der Waals surface area contributed by atoms with E-state index in [0.29, 0.717) is 56.0 Å². The molecule has 0 aromatic heterocycles. The predicted octanol–water partition coefficient (Wildman–Crippen LogP) is 7.68. The number of amides is 2. The molecule has 1 saturated heterocycles. The number of hydrogen-bond donors (Lipinski definition) is 0. The van der Waals surface area contributed by atoms with E-state index >= 15 is 0 Å². The van der Waals surface area contributed by atoms with Crippen LogP contribution in [0.4, 0.5) is 0 Å². The highest BCUT2D eigenvalue weighted by Gasteiger charge is 2.46. The maximum Gasteiger partial charge on any atom is 0.260 e. The lowest BCUT2D eigenvalue weighted by Gasteiger charge is -2.36. The topological polar surface area (TPSA) is 49.9 Å². The second-order valence-electron chi connectivity index (χ2n) is 12.4. The summed E-state index contributed by atoms with van der Waals surface area (Å²) in [5.41, 5.74) is 2.27. The van der Waals surface area contributed by atoms with Gasteiger partial charge in [-0.15, -0.1) is 0 Å². The molecule has 1 atom stereocenters. The summed E-state index contributed by atoms with van der Waals surface area (Å²) in [5, 5.41) is 4.27. The summed E-state index contributed by atoms with van der Waals surface area (Å²) < 4.78 is 5.65. The molecular formula is C42H43ClN2O3P+. The Morgan fingerprint density at radius 3 is 1.86 bits per heavy atom. The molecule has 5 aromatic rings. The van der Waals surface area contributed by atoms with Crippen LogP contribution in [0.2, 0.25) is 5.02 Å². The number of halogens is 1. The van der Waals surface area contributed by atoms with Crippen LogP contribution in [0, 0.1) is 0 Å². The van der Waals surface area contributed by atoms with Gasteiger partial charge in [0.1, 0.15) is 29.2 Å². The van der Waals surface area contributed by atoms with E-state index in [-0.39, 0.29) is 11.8 Å². The minimum atomic E-state index is -2.30. The Kier molecular flexibility index (Phi) is 11.7. The summed E-state index contributed by atoms with van der Waals surface area (Å²) in [5.74, 6) is -0.491. The molecule has 1 fully saturated rings. The molecule has 0 spiro atoms. The minimum absolute atomic E-state index is 0.229. The molecule has 1 unspecified atom stereocenters. The van der Waals surface area contributed by atoms with Crippen LogP contribution in [0.3, 0.4) is 0 Å². The van der Waals surface area contributed by atoms with Crippen LogP contribution in [-0.4, -0.2) is 54.5 Å². The van der Waals surface area contributed by atoms with E-state index in [4.69, 9.17) is 16.3 Å². The van der Waals surface area contributed by atoms with Gasteiger partial charge in [-0.2, -0.15) is 0 Å². The van der Waals surface area contributed by atoms with Crippen molar-refractivity contribution in [2.45, 2.75) is 32.0 Å². The molecule has 6 rings (SSSR count). The van der Waals surface area contributed by atoms with Crippen molar-refractivity contribution in [2.75, 3.05) is 32.8 Å². The summed E-state index contributed by atoms with van der Waals surface area (Å²) in [6, 6.07) is 46.7. The summed E-state index contributed by atoms with van der Waals surface area (Å²) in [6.45, 7) is 4.65. The number of nitrogens with zero attached hydrogens (tertiary/aromatic N) is 2. The predicted molar refractivity (Wildman–Crippen MR) is 203 cm³/mol. The van der Waals surface area contributed by atoms with Crippen LogP contribution < -0.4 is 15.9 Å². The average Bonchev–Trinajstić information content (AvgIpc) is 3.16. The van der Waals surface area contributed by atoms with E-state index in [9.17, 15) is 9.59 Å². The largest absolute Gasteiger partial charge is 0.379 e. The van der Waals surface area contributed by atoms with E-state index < -0.39 is 13.3 Å². The first-order chi connectivity index (χ1) is 24.0. The maximum absolute atomic E-state index is 14.9. The standard InChI is InChI=1S/C42H43ClN2O3P/c1-2-3-26-45(42(47)40(44-27-29-48-30-28-44)33-17-15-18-35(43)31-33)41(46)39-25-14-13-16-34(39)32-49(36-19-7-4-8-20-36,37-21-9-5-10-22-37)38-23-11-6-12-24-38/h4-25,31,40H,2-3,26-30,32H2,1H3/q+1. The van der Waals surface area contributed by atoms with Crippen LogP contribution in [0.5, 0.6) is 0 Å². The Hall–Kier alpha value is -4.12. The monoisotopic (exact) mass is 689 g/mol. The Balaban J connectivity index is 1.46. The molecule has 1 aliphatic rings. The Morgan fingerprint density at radius 1 is 0.755 bits per heavy atom. The molecule has 250 valence electrons. The van der Waals surface area contributed by atoms with Gasteiger partial charge in [0.15, 0.2) is 0 Å². The van der Waals surface area contributed by atoms with Crippen LogP contribution in [0.25, 0.3) is 0 Å². The molecule has 2 amide bonds. The van der Waals surface area contributed by atoms with Gasteiger partial charge in [-0.3, -0.25) is 19.4 Å². The third-order valence-electron chi connectivity index (χ3n) is 9.30. The minimum Gasteiger partial charge on any atom is -0.379 e. The molecule has 0 bridgehead atoms. The van der Waals surface area contributed by atoms with Crippen molar-refractivity contribution in [3.05, 3.63) is 161 Å². The number of unbranched alkanes of at least 4 members (excludes halogenated alkanes) is 1. The second-order valence-corrected chi connectivity index (χ2v) is 16.3. The highest BCUT2D eigenvalue weighted by Crippen LogP contribution is 2.58. The smallest absolute Gasteiger partial charge is 0.260 e. The summed E-state index contributed by atoms with van der Waals surface area (Å²) in [4.78, 5) is 33.4. The van der Waals surface area contributed by atoms with Crippen molar-refractivity contribution >= 4 is 46.6 Å². The fourth-order valence-corrected chi connectivity index (χ4v) is 11.3. The van der Waals surface area contributed by atoms with Gasteiger partial charge >= 0.3 is 0 Å². The number of ether oxygens (including phenoxy) is 1. The van der Waals surface area contributed by atoms with E-state index in [1.54, 1.807) is 0 Å². The molecule has 1 heterocycles. The third kappa shape index (κ3) is 7.71. The number of imide groups is 1. The number of hydrogen-bond acceptors (Lipinski definition) is 4. The summed E-state index contributed by atoms with van der Waals surface area (Å²) >= 11 is 6.46. The molecular weight excluding hydrogens is 647 g/mol. The first-order valence-corrected chi connectivity index (χ1v) is 19.4. The third-order valence-corrected chi connectivity index (χ3v) is 13.9. The molecule has 0 saturated carbocycles. The van der Waals surface area contributed by atoms with E-state index in [0.717, 1.165) is 17.5 Å². The zero-order valence-corrected chi connectivity index (χ0v) is 29.6. The molecule has 0 aliphatic carbocycles. The van der Waals surface area contributed by atoms with Crippen molar-refractivity contribution in [1.29, 1.82) is 0 Å². The van der Waals surface area contributed by atoms with Crippen LogP contribution in [-0.2, 0) is 15.7 Å². The Morgan fingerprint density at radius 2 is 1.31 bits per heavy atom. The van der Waals surface area contributed by atoms with Gasteiger partial charge in [0.2, 0.25) is 0 Å².